The van der Waals surface area contributed by atoms with Crippen molar-refractivity contribution in [3.05, 3.63) is 34.3 Å². The van der Waals surface area contributed by atoms with Gasteiger partial charge in [0, 0.05) is 42.5 Å². The van der Waals surface area contributed by atoms with Gasteiger partial charge in [0.1, 0.15) is 0 Å². The number of amides is 1. The van der Waals surface area contributed by atoms with Crippen molar-refractivity contribution in [2.75, 3.05) is 20.1 Å². The highest BCUT2D eigenvalue weighted by Crippen LogP contribution is 2.48. The van der Waals surface area contributed by atoms with Crippen LogP contribution in [0.15, 0.2) is 33.7 Å². The standard InChI is InChI=1S/C18H27BrN4O/c1-13(2)23-16(24)7-10-21-17(20-3)22-12-18(8-9-18)14-5-4-6-15(19)11-14/h4-6,11,13H,7-10,12H2,1-3H3,(H,23,24)(H2,20,21,22). The van der Waals surface area contributed by atoms with Crippen LogP contribution in [0.2, 0.25) is 0 Å². The second-order valence-corrected chi connectivity index (χ2v) is 7.53. The molecule has 0 atom stereocenters. The Labute approximate surface area is 152 Å². The van der Waals surface area contributed by atoms with Gasteiger partial charge in [-0.25, -0.2) is 0 Å². The van der Waals surface area contributed by atoms with E-state index in [1.807, 2.05) is 13.8 Å². The first-order valence-corrected chi connectivity index (χ1v) is 9.24. The molecule has 0 heterocycles. The molecule has 2 rings (SSSR count). The van der Waals surface area contributed by atoms with E-state index >= 15 is 0 Å². The Morgan fingerprint density at radius 3 is 2.67 bits per heavy atom. The highest BCUT2D eigenvalue weighted by Gasteiger charge is 2.44. The molecule has 1 aromatic carbocycles. The molecular weight excluding hydrogens is 368 g/mol. The van der Waals surface area contributed by atoms with E-state index in [2.05, 4.69) is 61.1 Å². The summed E-state index contributed by atoms with van der Waals surface area (Å²) in [5, 5.41) is 9.49. The van der Waals surface area contributed by atoms with Crippen LogP contribution in [0.4, 0.5) is 0 Å². The lowest BCUT2D eigenvalue weighted by Gasteiger charge is -2.19. The van der Waals surface area contributed by atoms with Crippen LogP contribution in [0.3, 0.4) is 0 Å². The molecule has 5 nitrogen and oxygen atoms in total. The summed E-state index contributed by atoms with van der Waals surface area (Å²) in [6, 6.07) is 8.69. The maximum atomic E-state index is 11.7. The summed E-state index contributed by atoms with van der Waals surface area (Å²) in [6.07, 6.45) is 2.81. The van der Waals surface area contributed by atoms with Crippen molar-refractivity contribution in [3.8, 4) is 0 Å². The van der Waals surface area contributed by atoms with Gasteiger partial charge in [-0.15, -0.1) is 0 Å². The summed E-state index contributed by atoms with van der Waals surface area (Å²) in [5.74, 6) is 0.800. The smallest absolute Gasteiger partial charge is 0.221 e. The number of halogens is 1. The third-order valence-corrected chi connectivity index (χ3v) is 4.70. The molecule has 1 amide bonds. The predicted octanol–water partition coefficient (Wildman–Crippen LogP) is 2.56. The van der Waals surface area contributed by atoms with Gasteiger partial charge in [-0.2, -0.15) is 0 Å². The van der Waals surface area contributed by atoms with Crippen molar-refractivity contribution in [1.82, 2.24) is 16.0 Å². The summed E-state index contributed by atoms with van der Waals surface area (Å²) >= 11 is 3.55. The van der Waals surface area contributed by atoms with Crippen LogP contribution in [0.1, 0.15) is 38.7 Å². The van der Waals surface area contributed by atoms with E-state index in [4.69, 9.17) is 0 Å². The summed E-state index contributed by atoms with van der Waals surface area (Å²) < 4.78 is 1.12. The van der Waals surface area contributed by atoms with Crippen molar-refractivity contribution in [3.63, 3.8) is 0 Å². The van der Waals surface area contributed by atoms with Crippen LogP contribution in [-0.2, 0) is 10.2 Å². The van der Waals surface area contributed by atoms with Crippen molar-refractivity contribution in [2.24, 2.45) is 4.99 Å². The topological polar surface area (TPSA) is 65.5 Å². The maximum absolute atomic E-state index is 11.7. The Hall–Kier alpha value is -1.56. The molecule has 1 aliphatic rings. The van der Waals surface area contributed by atoms with Crippen LogP contribution in [-0.4, -0.2) is 38.0 Å². The van der Waals surface area contributed by atoms with Crippen LogP contribution in [0, 0.1) is 0 Å². The Morgan fingerprint density at radius 1 is 1.33 bits per heavy atom. The van der Waals surface area contributed by atoms with Gasteiger partial charge >= 0.3 is 0 Å². The number of nitrogens with zero attached hydrogens (tertiary/aromatic N) is 1. The van der Waals surface area contributed by atoms with Crippen molar-refractivity contribution >= 4 is 27.8 Å². The van der Waals surface area contributed by atoms with E-state index in [-0.39, 0.29) is 17.4 Å². The van der Waals surface area contributed by atoms with E-state index in [1.165, 1.54) is 18.4 Å². The van der Waals surface area contributed by atoms with Gasteiger partial charge in [0.15, 0.2) is 5.96 Å². The molecule has 0 bridgehead atoms. The fourth-order valence-corrected chi connectivity index (χ4v) is 3.10. The summed E-state index contributed by atoms with van der Waals surface area (Å²) in [6.45, 7) is 5.34. The van der Waals surface area contributed by atoms with Gasteiger partial charge in [-0.3, -0.25) is 9.79 Å². The quantitative estimate of drug-likeness (QED) is 0.491. The Balaban J connectivity index is 1.79. The van der Waals surface area contributed by atoms with E-state index in [0.717, 1.165) is 17.0 Å². The monoisotopic (exact) mass is 394 g/mol. The molecule has 0 saturated heterocycles. The summed E-state index contributed by atoms with van der Waals surface area (Å²) in [4.78, 5) is 15.9. The van der Waals surface area contributed by atoms with Crippen molar-refractivity contribution in [1.29, 1.82) is 0 Å². The fourth-order valence-electron chi connectivity index (χ4n) is 2.70. The van der Waals surface area contributed by atoms with Crippen molar-refractivity contribution < 1.29 is 4.79 Å². The highest BCUT2D eigenvalue weighted by molar-refractivity contribution is 9.10. The number of carbonyl (C=O) groups is 1. The molecule has 1 saturated carbocycles. The molecule has 6 heteroatoms. The molecule has 0 unspecified atom stereocenters. The first kappa shape index (κ1) is 18.8. The van der Waals surface area contributed by atoms with Gasteiger partial charge in [-0.05, 0) is 44.4 Å². The molecule has 24 heavy (non-hydrogen) atoms. The minimum atomic E-state index is 0.0563. The number of hydrogen-bond acceptors (Lipinski definition) is 2. The molecule has 1 aromatic rings. The number of rotatable bonds is 7. The lowest BCUT2D eigenvalue weighted by atomic mass is 9.96. The zero-order valence-electron chi connectivity index (χ0n) is 14.7. The molecule has 1 aliphatic carbocycles. The second kappa shape index (κ2) is 8.51. The zero-order valence-corrected chi connectivity index (χ0v) is 16.2. The van der Waals surface area contributed by atoms with Crippen LogP contribution < -0.4 is 16.0 Å². The normalized spacial score (nSPS) is 16.0. The minimum absolute atomic E-state index is 0.0563. The molecule has 132 valence electrons. The fraction of sp³-hybridized carbons (Fsp3) is 0.556. The number of nitrogens with one attached hydrogen (secondary N) is 3. The zero-order chi connectivity index (χ0) is 17.6. The summed E-state index contributed by atoms with van der Waals surface area (Å²) in [5.41, 5.74) is 1.56. The van der Waals surface area contributed by atoms with Gasteiger partial charge in [0.25, 0.3) is 0 Å². The van der Waals surface area contributed by atoms with E-state index in [0.29, 0.717) is 13.0 Å². The molecule has 0 spiro atoms. The van der Waals surface area contributed by atoms with E-state index < -0.39 is 0 Å². The van der Waals surface area contributed by atoms with E-state index in [9.17, 15) is 4.79 Å². The third kappa shape index (κ3) is 5.51. The lowest BCUT2D eigenvalue weighted by molar-refractivity contribution is -0.121. The molecule has 0 aliphatic heterocycles. The Morgan fingerprint density at radius 2 is 2.08 bits per heavy atom. The SMILES string of the molecule is CN=C(NCCC(=O)NC(C)C)NCC1(c2cccc(Br)c2)CC1. The van der Waals surface area contributed by atoms with Crippen LogP contribution in [0.5, 0.6) is 0 Å². The molecule has 1 fully saturated rings. The average Bonchev–Trinajstić information content (AvgIpc) is 3.31. The molecule has 0 radical (unpaired) electrons. The second-order valence-electron chi connectivity index (χ2n) is 6.62. The van der Waals surface area contributed by atoms with Crippen molar-refractivity contribution in [2.45, 2.75) is 44.6 Å². The Bertz CT molecular complexity index is 596. The summed E-state index contributed by atoms with van der Waals surface area (Å²) in [7, 11) is 1.75. The first-order valence-electron chi connectivity index (χ1n) is 8.45. The largest absolute Gasteiger partial charge is 0.356 e. The number of guanidine groups is 1. The van der Waals surface area contributed by atoms with Crippen LogP contribution in [0.25, 0.3) is 0 Å². The average molecular weight is 395 g/mol. The van der Waals surface area contributed by atoms with Gasteiger partial charge in [-0.1, -0.05) is 28.1 Å². The number of carbonyl (C=O) groups excluding carboxylic acids is 1. The molecule has 3 N–H and O–H groups in total. The highest BCUT2D eigenvalue weighted by atomic mass is 79.9. The first-order chi connectivity index (χ1) is 11.4. The molecular formula is C18H27BrN4O. The Kier molecular flexibility index (Phi) is 6.66. The third-order valence-electron chi connectivity index (χ3n) is 4.20. The minimum Gasteiger partial charge on any atom is -0.356 e. The molecule has 0 aromatic heterocycles. The van der Waals surface area contributed by atoms with Gasteiger partial charge in [0.05, 0.1) is 0 Å². The van der Waals surface area contributed by atoms with Gasteiger partial charge in [0.2, 0.25) is 5.91 Å². The predicted molar refractivity (Wildman–Crippen MR) is 102 cm³/mol. The number of aliphatic imine (C=N–C) groups is 1. The lowest BCUT2D eigenvalue weighted by Crippen LogP contribution is -2.42. The van der Waals surface area contributed by atoms with E-state index in [1.54, 1.807) is 7.05 Å². The maximum Gasteiger partial charge on any atom is 0.221 e. The number of benzene rings is 1. The van der Waals surface area contributed by atoms with Gasteiger partial charge < -0.3 is 16.0 Å². The number of hydrogen-bond donors (Lipinski definition) is 3. The van der Waals surface area contributed by atoms with Crippen LogP contribution >= 0.6 is 15.9 Å².